The van der Waals surface area contributed by atoms with E-state index in [1.165, 1.54) is 0 Å². The molecule has 142 valence electrons. The van der Waals surface area contributed by atoms with E-state index < -0.39 is 0 Å². The fourth-order valence-corrected chi connectivity index (χ4v) is 3.54. The van der Waals surface area contributed by atoms with Crippen molar-refractivity contribution >= 4 is 11.8 Å². The molecule has 0 aliphatic heterocycles. The van der Waals surface area contributed by atoms with E-state index in [9.17, 15) is 9.59 Å². The highest BCUT2D eigenvalue weighted by molar-refractivity contribution is 5.86. The summed E-state index contributed by atoms with van der Waals surface area (Å²) >= 11 is 0. The second-order valence-corrected chi connectivity index (χ2v) is 7.64. The Balaban J connectivity index is 1.47. The van der Waals surface area contributed by atoms with Gasteiger partial charge < -0.3 is 14.2 Å². The Morgan fingerprint density at radius 2 is 1.74 bits per heavy atom. The summed E-state index contributed by atoms with van der Waals surface area (Å²) in [6, 6.07) is 13.9. The van der Waals surface area contributed by atoms with Gasteiger partial charge in [-0.2, -0.15) is 0 Å². The van der Waals surface area contributed by atoms with Crippen molar-refractivity contribution in [1.82, 2.24) is 9.80 Å². The molecule has 0 radical (unpaired) electrons. The van der Waals surface area contributed by atoms with Crippen LogP contribution in [0.5, 0.6) is 0 Å². The molecule has 1 aromatic carbocycles. The highest BCUT2D eigenvalue weighted by Crippen LogP contribution is 2.34. The van der Waals surface area contributed by atoms with Crippen LogP contribution in [0.2, 0.25) is 0 Å². The molecule has 2 fully saturated rings. The average Bonchev–Trinajstić information content (AvgIpc) is 3.34. The highest BCUT2D eigenvalue weighted by atomic mass is 16.3. The molecule has 2 aliphatic rings. The summed E-state index contributed by atoms with van der Waals surface area (Å²) in [4.78, 5) is 29.5. The molecule has 1 aromatic heterocycles. The number of carbonyl (C=O) groups is 2. The van der Waals surface area contributed by atoms with Crippen molar-refractivity contribution in [3.8, 4) is 0 Å². The van der Waals surface area contributed by atoms with E-state index in [-0.39, 0.29) is 30.3 Å². The number of rotatable bonds is 8. The third-order valence-corrected chi connectivity index (χ3v) is 5.53. The molecular weight excluding hydrogens is 340 g/mol. The lowest BCUT2D eigenvalue weighted by molar-refractivity contribution is -0.145. The normalized spacial score (nSPS) is 16.6. The molecule has 0 atom stereocenters. The molecule has 0 saturated heterocycles. The van der Waals surface area contributed by atoms with Crippen LogP contribution in [-0.4, -0.2) is 34.2 Å². The van der Waals surface area contributed by atoms with Gasteiger partial charge in [0, 0.05) is 18.5 Å². The van der Waals surface area contributed by atoms with Crippen LogP contribution in [0.25, 0.3) is 0 Å². The smallest absolute Gasteiger partial charge is 0.242 e. The van der Waals surface area contributed by atoms with Crippen LogP contribution >= 0.6 is 0 Å². The first-order valence-corrected chi connectivity index (χ1v) is 9.85. The quantitative estimate of drug-likeness (QED) is 0.717. The van der Waals surface area contributed by atoms with Crippen LogP contribution in [0.4, 0.5) is 0 Å². The van der Waals surface area contributed by atoms with E-state index in [0.717, 1.165) is 43.4 Å². The van der Waals surface area contributed by atoms with E-state index in [0.29, 0.717) is 13.1 Å². The standard InChI is InChI=1S/C22H26N2O3/c25-21(16-24(19-11-12-19)22(26)18-8-4-9-18)23(15-20-10-5-13-27-20)14-17-6-2-1-3-7-17/h1-3,5-7,10,13,18-19H,4,8-9,11-12,14-16H2. The van der Waals surface area contributed by atoms with Crippen LogP contribution in [0.1, 0.15) is 43.4 Å². The lowest BCUT2D eigenvalue weighted by Crippen LogP contribution is -2.46. The van der Waals surface area contributed by atoms with E-state index in [4.69, 9.17) is 4.42 Å². The van der Waals surface area contributed by atoms with E-state index in [2.05, 4.69) is 0 Å². The van der Waals surface area contributed by atoms with Crippen LogP contribution in [0.3, 0.4) is 0 Å². The van der Waals surface area contributed by atoms with Gasteiger partial charge in [0.25, 0.3) is 0 Å². The number of furan rings is 1. The summed E-state index contributed by atoms with van der Waals surface area (Å²) in [6.07, 6.45) is 6.72. The Hall–Kier alpha value is -2.56. The van der Waals surface area contributed by atoms with Gasteiger partial charge in [0.05, 0.1) is 12.8 Å². The molecule has 5 heteroatoms. The number of hydrogen-bond donors (Lipinski definition) is 0. The van der Waals surface area contributed by atoms with Crippen molar-refractivity contribution in [2.45, 2.75) is 51.2 Å². The number of nitrogens with zero attached hydrogens (tertiary/aromatic N) is 2. The molecule has 0 spiro atoms. The van der Waals surface area contributed by atoms with E-state index >= 15 is 0 Å². The topological polar surface area (TPSA) is 53.8 Å². The predicted molar refractivity (Wildman–Crippen MR) is 101 cm³/mol. The summed E-state index contributed by atoms with van der Waals surface area (Å²) in [5.74, 6) is 1.04. The van der Waals surface area contributed by atoms with Gasteiger partial charge in [-0.15, -0.1) is 0 Å². The van der Waals surface area contributed by atoms with Gasteiger partial charge in [-0.1, -0.05) is 36.8 Å². The maximum Gasteiger partial charge on any atom is 0.242 e. The first-order chi connectivity index (χ1) is 13.2. The molecule has 2 saturated carbocycles. The Morgan fingerprint density at radius 3 is 2.33 bits per heavy atom. The summed E-state index contributed by atoms with van der Waals surface area (Å²) in [7, 11) is 0. The number of benzene rings is 1. The summed E-state index contributed by atoms with van der Waals surface area (Å²) in [5, 5.41) is 0. The molecular formula is C22H26N2O3. The van der Waals surface area contributed by atoms with Crippen LogP contribution in [-0.2, 0) is 22.7 Å². The monoisotopic (exact) mass is 366 g/mol. The van der Waals surface area contributed by atoms with E-state index in [1.54, 1.807) is 11.2 Å². The van der Waals surface area contributed by atoms with Gasteiger partial charge in [-0.25, -0.2) is 0 Å². The van der Waals surface area contributed by atoms with Crippen molar-refractivity contribution < 1.29 is 14.0 Å². The predicted octanol–water partition coefficient (Wildman–Crippen LogP) is 3.60. The maximum atomic E-state index is 13.1. The molecule has 4 rings (SSSR count). The molecule has 2 aliphatic carbocycles. The molecule has 2 aromatic rings. The minimum absolute atomic E-state index is 0.0187. The second-order valence-electron chi connectivity index (χ2n) is 7.64. The summed E-state index contributed by atoms with van der Waals surface area (Å²) in [6.45, 7) is 1.10. The fourth-order valence-electron chi connectivity index (χ4n) is 3.54. The van der Waals surface area contributed by atoms with Gasteiger partial charge in [0.1, 0.15) is 12.3 Å². The maximum absolute atomic E-state index is 13.1. The van der Waals surface area contributed by atoms with Crippen LogP contribution in [0, 0.1) is 5.92 Å². The van der Waals surface area contributed by atoms with Crippen LogP contribution < -0.4 is 0 Å². The van der Waals surface area contributed by atoms with Gasteiger partial charge in [-0.3, -0.25) is 9.59 Å². The summed E-state index contributed by atoms with van der Waals surface area (Å²) in [5.41, 5.74) is 1.07. The third-order valence-electron chi connectivity index (χ3n) is 5.53. The zero-order valence-corrected chi connectivity index (χ0v) is 15.5. The molecule has 0 unspecified atom stereocenters. The number of hydrogen-bond acceptors (Lipinski definition) is 3. The minimum Gasteiger partial charge on any atom is -0.467 e. The summed E-state index contributed by atoms with van der Waals surface area (Å²) < 4.78 is 5.45. The highest BCUT2D eigenvalue weighted by Gasteiger charge is 2.39. The van der Waals surface area contributed by atoms with Gasteiger partial charge in [-0.05, 0) is 43.4 Å². The van der Waals surface area contributed by atoms with Crippen molar-refractivity contribution in [1.29, 1.82) is 0 Å². The molecule has 1 heterocycles. The Morgan fingerprint density at radius 1 is 0.963 bits per heavy atom. The third kappa shape index (κ3) is 4.41. The van der Waals surface area contributed by atoms with Crippen molar-refractivity contribution in [3.63, 3.8) is 0 Å². The largest absolute Gasteiger partial charge is 0.467 e. The first kappa shape index (κ1) is 17.8. The Bertz CT molecular complexity index is 764. The molecule has 5 nitrogen and oxygen atoms in total. The van der Waals surface area contributed by atoms with Crippen LogP contribution in [0.15, 0.2) is 53.1 Å². The molecule has 0 bridgehead atoms. The SMILES string of the molecule is O=C(CN(C(=O)C1CCC1)C1CC1)N(Cc1ccccc1)Cc1ccco1. The van der Waals surface area contributed by atoms with Gasteiger partial charge in [0.15, 0.2) is 0 Å². The zero-order valence-electron chi connectivity index (χ0n) is 15.5. The molecule has 0 N–H and O–H groups in total. The van der Waals surface area contributed by atoms with Crippen molar-refractivity contribution in [3.05, 3.63) is 60.1 Å². The zero-order chi connectivity index (χ0) is 18.6. The second kappa shape index (κ2) is 7.99. The lowest BCUT2D eigenvalue weighted by atomic mass is 9.84. The Kier molecular flexibility index (Phi) is 5.28. The van der Waals surface area contributed by atoms with Gasteiger partial charge >= 0.3 is 0 Å². The minimum atomic E-state index is -0.0187. The lowest BCUT2D eigenvalue weighted by Gasteiger charge is -2.33. The molecule has 27 heavy (non-hydrogen) atoms. The van der Waals surface area contributed by atoms with Gasteiger partial charge in [0.2, 0.25) is 11.8 Å². The number of amides is 2. The molecule has 2 amide bonds. The van der Waals surface area contributed by atoms with Crippen molar-refractivity contribution in [2.75, 3.05) is 6.54 Å². The average molecular weight is 366 g/mol. The number of carbonyl (C=O) groups excluding carboxylic acids is 2. The van der Waals surface area contributed by atoms with Crippen molar-refractivity contribution in [2.24, 2.45) is 5.92 Å². The fraction of sp³-hybridized carbons (Fsp3) is 0.455. The first-order valence-electron chi connectivity index (χ1n) is 9.85. The Labute approximate surface area is 159 Å². The van der Waals surface area contributed by atoms with E-state index in [1.807, 2.05) is 47.4 Å².